The van der Waals surface area contributed by atoms with Crippen LogP contribution < -0.4 is 5.32 Å². The van der Waals surface area contributed by atoms with Crippen molar-refractivity contribution in [3.8, 4) is 0 Å². The molecule has 1 atom stereocenters. The van der Waals surface area contributed by atoms with Crippen LogP contribution >= 0.6 is 0 Å². The van der Waals surface area contributed by atoms with E-state index in [2.05, 4.69) is 10.3 Å². The molecule has 0 aliphatic heterocycles. The highest BCUT2D eigenvalue weighted by Crippen LogP contribution is 2.16. The van der Waals surface area contributed by atoms with E-state index in [-0.39, 0.29) is 11.8 Å². The Morgan fingerprint density at radius 2 is 2.19 bits per heavy atom. The van der Waals surface area contributed by atoms with Crippen LogP contribution in [0.25, 0.3) is 0 Å². The highest BCUT2D eigenvalue weighted by atomic mass is 32.2. The van der Waals surface area contributed by atoms with E-state index in [0.717, 1.165) is 6.20 Å². The smallest absolute Gasteiger partial charge is 0.147 e. The summed E-state index contributed by atoms with van der Waals surface area (Å²) in [5.74, 6) is -0.355. The van der Waals surface area contributed by atoms with Crippen LogP contribution in [0.3, 0.4) is 0 Å². The van der Waals surface area contributed by atoms with E-state index in [0.29, 0.717) is 12.0 Å². The van der Waals surface area contributed by atoms with Gasteiger partial charge in [-0.1, -0.05) is 0 Å². The quantitative estimate of drug-likeness (QED) is 0.839. The van der Waals surface area contributed by atoms with Gasteiger partial charge in [0.25, 0.3) is 0 Å². The molecule has 0 aliphatic rings. The van der Waals surface area contributed by atoms with Gasteiger partial charge < -0.3 is 5.32 Å². The molecule has 1 heterocycles. The minimum atomic E-state index is -3.00. The molecular formula is C10H15FN2O2S. The van der Waals surface area contributed by atoms with Crippen molar-refractivity contribution in [1.29, 1.82) is 0 Å². The Kier molecular flexibility index (Phi) is 4.37. The molecule has 16 heavy (non-hydrogen) atoms. The molecule has 0 bridgehead atoms. The highest BCUT2D eigenvalue weighted by Gasteiger charge is 2.13. The number of halogens is 1. The molecule has 0 amide bonds. The second kappa shape index (κ2) is 5.36. The third-order valence-electron chi connectivity index (χ3n) is 2.25. The van der Waals surface area contributed by atoms with Crippen LogP contribution in [0.1, 0.15) is 18.0 Å². The monoisotopic (exact) mass is 246 g/mol. The summed E-state index contributed by atoms with van der Waals surface area (Å²) in [6.07, 6.45) is 4.24. The fourth-order valence-electron chi connectivity index (χ4n) is 1.43. The number of nitrogens with zero attached hydrogens (tertiary/aromatic N) is 1. The summed E-state index contributed by atoms with van der Waals surface area (Å²) in [4.78, 5) is 3.73. The summed E-state index contributed by atoms with van der Waals surface area (Å²) >= 11 is 0. The van der Waals surface area contributed by atoms with Crippen molar-refractivity contribution >= 4 is 9.84 Å². The summed E-state index contributed by atoms with van der Waals surface area (Å²) in [5.41, 5.74) is 0.658. The Labute approximate surface area is 94.8 Å². The van der Waals surface area contributed by atoms with Gasteiger partial charge in [0.2, 0.25) is 0 Å². The van der Waals surface area contributed by atoms with Crippen molar-refractivity contribution in [2.24, 2.45) is 0 Å². The maximum atomic E-state index is 12.9. The molecule has 6 heteroatoms. The van der Waals surface area contributed by atoms with Crippen LogP contribution in [0.2, 0.25) is 0 Å². The van der Waals surface area contributed by atoms with Crippen LogP contribution in [-0.2, 0) is 9.84 Å². The molecule has 1 N–H and O–H groups in total. The first-order valence-corrected chi connectivity index (χ1v) is 6.94. The lowest BCUT2D eigenvalue weighted by molar-refractivity contribution is 0.550. The molecule has 0 fully saturated rings. The average Bonchev–Trinajstić information content (AvgIpc) is 2.17. The lowest BCUT2D eigenvalue weighted by Gasteiger charge is -2.15. The molecule has 0 saturated heterocycles. The minimum absolute atomic E-state index is 0.0645. The van der Waals surface area contributed by atoms with Crippen LogP contribution in [0.5, 0.6) is 0 Å². The number of hydrogen-bond donors (Lipinski definition) is 1. The lowest BCUT2D eigenvalue weighted by Crippen LogP contribution is -2.20. The van der Waals surface area contributed by atoms with E-state index < -0.39 is 15.7 Å². The minimum Gasteiger partial charge on any atom is -0.313 e. The second-order valence-electron chi connectivity index (χ2n) is 3.70. The van der Waals surface area contributed by atoms with E-state index in [1.165, 1.54) is 18.5 Å². The Bertz CT molecular complexity index is 448. The Morgan fingerprint density at radius 1 is 1.50 bits per heavy atom. The molecular weight excluding hydrogens is 231 g/mol. The molecule has 0 aromatic carbocycles. The predicted octanol–water partition coefficient (Wildman–Crippen LogP) is 0.916. The summed E-state index contributed by atoms with van der Waals surface area (Å²) in [6.45, 7) is 0. The van der Waals surface area contributed by atoms with Crippen molar-refractivity contribution in [3.63, 3.8) is 0 Å². The zero-order valence-corrected chi connectivity index (χ0v) is 10.1. The average molecular weight is 246 g/mol. The Morgan fingerprint density at radius 3 is 2.69 bits per heavy atom. The van der Waals surface area contributed by atoms with Crippen LogP contribution in [0.15, 0.2) is 18.5 Å². The molecule has 1 unspecified atom stereocenters. The normalized spacial score (nSPS) is 13.7. The van der Waals surface area contributed by atoms with Gasteiger partial charge in [0.1, 0.15) is 15.7 Å². The van der Waals surface area contributed by atoms with Gasteiger partial charge in [-0.2, -0.15) is 0 Å². The van der Waals surface area contributed by atoms with Gasteiger partial charge >= 0.3 is 0 Å². The van der Waals surface area contributed by atoms with Gasteiger partial charge in [0.05, 0.1) is 11.9 Å². The first-order chi connectivity index (χ1) is 7.42. The molecule has 0 spiro atoms. The van der Waals surface area contributed by atoms with E-state index in [1.54, 1.807) is 7.05 Å². The van der Waals surface area contributed by atoms with Crippen molar-refractivity contribution in [2.45, 2.75) is 12.5 Å². The van der Waals surface area contributed by atoms with Crippen molar-refractivity contribution in [2.75, 3.05) is 19.1 Å². The first kappa shape index (κ1) is 13.1. The molecule has 1 aromatic heterocycles. The number of pyridine rings is 1. The maximum absolute atomic E-state index is 12.9. The van der Waals surface area contributed by atoms with Gasteiger partial charge in [-0.25, -0.2) is 12.8 Å². The SMILES string of the molecule is CNC(CCS(C)(=O)=O)c1cncc(F)c1. The molecule has 0 radical (unpaired) electrons. The third-order valence-corrected chi connectivity index (χ3v) is 3.23. The molecule has 4 nitrogen and oxygen atoms in total. The van der Waals surface area contributed by atoms with Gasteiger partial charge in [-0.05, 0) is 25.1 Å². The number of hydrogen-bond acceptors (Lipinski definition) is 4. The lowest BCUT2D eigenvalue weighted by atomic mass is 10.1. The summed E-state index contributed by atoms with van der Waals surface area (Å²) in [6, 6.07) is 1.16. The number of rotatable bonds is 5. The number of nitrogens with one attached hydrogen (secondary N) is 1. The van der Waals surface area contributed by atoms with E-state index in [9.17, 15) is 12.8 Å². The van der Waals surface area contributed by atoms with E-state index in [1.807, 2.05) is 0 Å². The van der Waals surface area contributed by atoms with Gasteiger partial charge in [-0.15, -0.1) is 0 Å². The largest absolute Gasteiger partial charge is 0.313 e. The molecule has 90 valence electrons. The van der Waals surface area contributed by atoms with Crippen molar-refractivity contribution in [1.82, 2.24) is 10.3 Å². The van der Waals surface area contributed by atoms with E-state index >= 15 is 0 Å². The maximum Gasteiger partial charge on any atom is 0.147 e. The fourth-order valence-corrected chi connectivity index (χ4v) is 2.09. The highest BCUT2D eigenvalue weighted by molar-refractivity contribution is 7.90. The zero-order valence-electron chi connectivity index (χ0n) is 9.27. The number of aromatic nitrogens is 1. The van der Waals surface area contributed by atoms with Crippen LogP contribution in [-0.4, -0.2) is 32.5 Å². The Balaban J connectivity index is 2.75. The topological polar surface area (TPSA) is 59.1 Å². The standard InChI is InChI=1S/C10H15FN2O2S/c1-12-10(3-4-16(2,14)15)8-5-9(11)7-13-6-8/h5-7,10,12H,3-4H2,1-2H3. The number of sulfone groups is 1. The van der Waals surface area contributed by atoms with Gasteiger partial charge in [0, 0.05) is 18.5 Å². The molecule has 1 rings (SSSR count). The fraction of sp³-hybridized carbons (Fsp3) is 0.500. The van der Waals surface area contributed by atoms with Crippen molar-refractivity contribution < 1.29 is 12.8 Å². The molecule has 1 aromatic rings. The third kappa shape index (κ3) is 4.24. The Hall–Kier alpha value is -1.01. The summed E-state index contributed by atoms with van der Waals surface area (Å²) in [7, 11) is -1.30. The summed E-state index contributed by atoms with van der Waals surface area (Å²) in [5, 5.41) is 2.95. The molecule has 0 saturated carbocycles. The molecule has 0 aliphatic carbocycles. The second-order valence-corrected chi connectivity index (χ2v) is 5.96. The first-order valence-electron chi connectivity index (χ1n) is 4.88. The van der Waals surface area contributed by atoms with E-state index in [4.69, 9.17) is 0 Å². The summed E-state index contributed by atoms with van der Waals surface area (Å²) < 4.78 is 35.0. The van der Waals surface area contributed by atoms with Gasteiger partial charge in [-0.3, -0.25) is 4.98 Å². The van der Waals surface area contributed by atoms with Gasteiger partial charge in [0.15, 0.2) is 0 Å². The van der Waals surface area contributed by atoms with Crippen LogP contribution in [0, 0.1) is 5.82 Å². The predicted molar refractivity (Wildman–Crippen MR) is 60.3 cm³/mol. The van der Waals surface area contributed by atoms with Crippen molar-refractivity contribution in [3.05, 3.63) is 29.8 Å². The zero-order chi connectivity index (χ0) is 12.2. The van der Waals surface area contributed by atoms with Crippen LogP contribution in [0.4, 0.5) is 4.39 Å².